The van der Waals surface area contributed by atoms with E-state index < -0.39 is 0 Å². The predicted molar refractivity (Wildman–Crippen MR) is 151 cm³/mol. The Labute approximate surface area is 230 Å². The molecule has 0 atom stereocenters. The summed E-state index contributed by atoms with van der Waals surface area (Å²) in [6.45, 7) is 0. The van der Waals surface area contributed by atoms with E-state index in [4.69, 9.17) is 37.4 Å². The standard InChI is InChI=1S/C28H24Cl2N4O4/c1-36-23-15-18(16-24(37-2)26(23)38-3)33-28-19(8-6-14-32-28)22(35)12-11-17-7-5-13-31-27(17)34-21-10-4-9-20(29)25(21)30/h4-16H,1-3H3,(H,31,34)(H,32,33). The average Bonchev–Trinajstić information content (AvgIpc) is 2.94. The summed E-state index contributed by atoms with van der Waals surface area (Å²) in [5.41, 5.74) is 2.25. The first-order valence-corrected chi connectivity index (χ1v) is 12.1. The summed E-state index contributed by atoms with van der Waals surface area (Å²) in [4.78, 5) is 22.0. The maximum absolute atomic E-state index is 13.2. The van der Waals surface area contributed by atoms with Gasteiger partial charge < -0.3 is 24.8 Å². The fraction of sp³-hybridized carbons (Fsp3) is 0.107. The van der Waals surface area contributed by atoms with Gasteiger partial charge in [-0.2, -0.15) is 0 Å². The lowest BCUT2D eigenvalue weighted by Crippen LogP contribution is -2.04. The second-order valence-corrected chi connectivity index (χ2v) is 8.59. The van der Waals surface area contributed by atoms with Crippen molar-refractivity contribution < 1.29 is 19.0 Å². The van der Waals surface area contributed by atoms with Gasteiger partial charge in [-0.1, -0.05) is 29.3 Å². The van der Waals surface area contributed by atoms with Crippen LogP contribution in [0.4, 0.5) is 23.0 Å². The molecule has 0 aliphatic carbocycles. The van der Waals surface area contributed by atoms with Crippen LogP contribution >= 0.6 is 23.2 Å². The van der Waals surface area contributed by atoms with Crippen molar-refractivity contribution in [2.24, 2.45) is 0 Å². The molecule has 2 aromatic carbocycles. The molecule has 0 saturated carbocycles. The van der Waals surface area contributed by atoms with Gasteiger partial charge in [-0.05, 0) is 48.6 Å². The van der Waals surface area contributed by atoms with E-state index >= 15 is 0 Å². The largest absolute Gasteiger partial charge is 0.493 e. The van der Waals surface area contributed by atoms with Gasteiger partial charge >= 0.3 is 0 Å². The van der Waals surface area contributed by atoms with Crippen LogP contribution in [0, 0.1) is 0 Å². The van der Waals surface area contributed by atoms with Crippen LogP contribution in [-0.4, -0.2) is 37.1 Å². The number of allylic oxidation sites excluding steroid dienone is 1. The number of methoxy groups -OCH3 is 3. The lowest BCUT2D eigenvalue weighted by Gasteiger charge is -2.15. The van der Waals surface area contributed by atoms with E-state index in [1.165, 1.54) is 27.4 Å². The summed E-state index contributed by atoms with van der Waals surface area (Å²) in [6.07, 6.45) is 6.37. The molecule has 8 nitrogen and oxygen atoms in total. The van der Waals surface area contributed by atoms with Crippen molar-refractivity contribution in [1.82, 2.24) is 9.97 Å². The summed E-state index contributed by atoms with van der Waals surface area (Å²) in [5, 5.41) is 7.14. The topological polar surface area (TPSA) is 94.6 Å². The van der Waals surface area contributed by atoms with Gasteiger partial charge in [-0.25, -0.2) is 9.97 Å². The van der Waals surface area contributed by atoms with Gasteiger partial charge in [0, 0.05) is 35.8 Å². The Balaban J connectivity index is 1.60. The van der Waals surface area contributed by atoms with Gasteiger partial charge in [-0.15, -0.1) is 0 Å². The normalized spacial score (nSPS) is 10.8. The van der Waals surface area contributed by atoms with Crippen LogP contribution in [0.1, 0.15) is 15.9 Å². The van der Waals surface area contributed by atoms with Crippen molar-refractivity contribution in [2.45, 2.75) is 0 Å². The molecule has 194 valence electrons. The van der Waals surface area contributed by atoms with Crippen LogP contribution in [-0.2, 0) is 0 Å². The number of halogens is 2. The summed E-state index contributed by atoms with van der Waals surface area (Å²) >= 11 is 12.4. The van der Waals surface area contributed by atoms with Crippen LogP contribution in [0.5, 0.6) is 17.2 Å². The number of anilines is 4. The number of rotatable bonds is 10. The molecule has 0 saturated heterocycles. The van der Waals surface area contributed by atoms with E-state index in [-0.39, 0.29) is 5.78 Å². The number of pyridine rings is 2. The van der Waals surface area contributed by atoms with Crippen molar-refractivity contribution in [1.29, 1.82) is 0 Å². The number of hydrogen-bond acceptors (Lipinski definition) is 8. The highest BCUT2D eigenvalue weighted by atomic mass is 35.5. The van der Waals surface area contributed by atoms with E-state index in [1.807, 2.05) is 6.07 Å². The highest BCUT2D eigenvalue weighted by Gasteiger charge is 2.16. The Morgan fingerprint density at radius 1 is 0.842 bits per heavy atom. The smallest absolute Gasteiger partial charge is 0.203 e. The first-order chi connectivity index (χ1) is 18.4. The van der Waals surface area contributed by atoms with Gasteiger partial charge in [0.1, 0.15) is 11.6 Å². The molecule has 2 aromatic heterocycles. The minimum absolute atomic E-state index is 0.261. The number of nitrogens with zero attached hydrogens (tertiary/aromatic N) is 2. The summed E-state index contributed by atoms with van der Waals surface area (Å²) in [7, 11) is 4.59. The quantitative estimate of drug-likeness (QED) is 0.158. The first-order valence-electron chi connectivity index (χ1n) is 11.4. The zero-order valence-corrected chi connectivity index (χ0v) is 22.3. The highest BCUT2D eigenvalue weighted by molar-refractivity contribution is 6.43. The van der Waals surface area contributed by atoms with Crippen molar-refractivity contribution in [2.75, 3.05) is 32.0 Å². The Kier molecular flexibility index (Phi) is 8.68. The van der Waals surface area contributed by atoms with Crippen LogP contribution < -0.4 is 24.8 Å². The molecule has 4 rings (SSSR count). The maximum Gasteiger partial charge on any atom is 0.203 e. The monoisotopic (exact) mass is 550 g/mol. The average molecular weight is 551 g/mol. The Morgan fingerprint density at radius 3 is 2.21 bits per heavy atom. The van der Waals surface area contributed by atoms with Crippen molar-refractivity contribution in [3.8, 4) is 17.2 Å². The van der Waals surface area contributed by atoms with E-state index in [0.717, 1.165) is 0 Å². The van der Waals surface area contributed by atoms with Crippen LogP contribution in [0.25, 0.3) is 6.08 Å². The van der Waals surface area contributed by atoms with Crippen LogP contribution in [0.2, 0.25) is 10.0 Å². The van der Waals surface area contributed by atoms with E-state index in [9.17, 15) is 4.79 Å². The minimum Gasteiger partial charge on any atom is -0.493 e. The molecule has 2 heterocycles. The summed E-state index contributed by atoms with van der Waals surface area (Å²) in [6, 6.07) is 15.7. The van der Waals surface area contributed by atoms with Gasteiger partial charge in [0.2, 0.25) is 5.75 Å². The summed E-state index contributed by atoms with van der Waals surface area (Å²) in [5.74, 6) is 2.02. The maximum atomic E-state index is 13.2. The van der Waals surface area contributed by atoms with Gasteiger partial charge in [0.25, 0.3) is 0 Å². The molecule has 0 fully saturated rings. The number of aromatic nitrogens is 2. The number of carbonyl (C=O) groups excluding carboxylic acids is 1. The van der Waals surface area contributed by atoms with Crippen molar-refractivity contribution in [3.05, 3.63) is 94.2 Å². The Bertz CT molecular complexity index is 1470. The van der Waals surface area contributed by atoms with Crippen molar-refractivity contribution in [3.63, 3.8) is 0 Å². The van der Waals surface area contributed by atoms with Crippen molar-refractivity contribution >= 4 is 58.1 Å². The molecule has 0 unspecified atom stereocenters. The number of ether oxygens (including phenoxy) is 3. The number of nitrogens with one attached hydrogen (secondary N) is 2. The number of benzene rings is 2. The minimum atomic E-state index is -0.261. The van der Waals surface area contributed by atoms with Crippen LogP contribution in [0.15, 0.2) is 73.1 Å². The van der Waals surface area contributed by atoms with Gasteiger partial charge in [0.15, 0.2) is 17.3 Å². The molecule has 10 heteroatoms. The second-order valence-electron chi connectivity index (χ2n) is 7.80. The third-order valence-corrected chi connectivity index (χ3v) is 6.28. The zero-order valence-electron chi connectivity index (χ0n) is 20.8. The van der Waals surface area contributed by atoms with E-state index in [0.29, 0.717) is 61.4 Å². The van der Waals surface area contributed by atoms with Gasteiger partial charge in [0.05, 0.1) is 42.6 Å². The van der Waals surface area contributed by atoms with E-state index in [1.54, 1.807) is 67.0 Å². The van der Waals surface area contributed by atoms with Crippen LogP contribution in [0.3, 0.4) is 0 Å². The number of ketones is 1. The highest BCUT2D eigenvalue weighted by Crippen LogP contribution is 2.40. The molecule has 0 bridgehead atoms. The third-order valence-electron chi connectivity index (χ3n) is 5.46. The molecule has 0 spiro atoms. The SMILES string of the molecule is COc1cc(Nc2ncccc2C(=O)C=Cc2cccnc2Nc2cccc(Cl)c2Cl)cc(OC)c1OC. The Hall–Kier alpha value is -4.27. The van der Waals surface area contributed by atoms with Gasteiger partial charge in [-0.3, -0.25) is 4.79 Å². The van der Waals surface area contributed by atoms with E-state index in [2.05, 4.69) is 20.6 Å². The number of hydrogen-bond donors (Lipinski definition) is 2. The molecular formula is C28H24Cl2N4O4. The molecule has 38 heavy (non-hydrogen) atoms. The molecule has 0 radical (unpaired) electrons. The molecule has 4 aromatic rings. The molecule has 0 aliphatic heterocycles. The summed E-state index contributed by atoms with van der Waals surface area (Å²) < 4.78 is 16.2. The first kappa shape index (κ1) is 26.8. The zero-order chi connectivity index (χ0) is 27.1. The Morgan fingerprint density at radius 2 is 1.53 bits per heavy atom. The lowest BCUT2D eigenvalue weighted by atomic mass is 10.1. The third kappa shape index (κ3) is 5.99. The fourth-order valence-electron chi connectivity index (χ4n) is 3.63. The molecule has 0 amide bonds. The molecular weight excluding hydrogens is 527 g/mol. The molecule has 2 N–H and O–H groups in total. The predicted octanol–water partition coefficient (Wildman–Crippen LogP) is 7.19. The fourth-order valence-corrected chi connectivity index (χ4v) is 3.98. The second kappa shape index (κ2) is 12.3. The lowest BCUT2D eigenvalue weighted by molar-refractivity contribution is 0.104. The molecule has 0 aliphatic rings. The number of carbonyl (C=O) groups is 1.